The van der Waals surface area contributed by atoms with Gasteiger partial charge in [-0.25, -0.2) is 22.5 Å². The van der Waals surface area contributed by atoms with Crippen molar-refractivity contribution in [2.75, 3.05) is 24.0 Å². The monoisotopic (exact) mass is 1350 g/mol. The number of nitro groups is 2. The van der Waals surface area contributed by atoms with Crippen LogP contribution in [-0.2, 0) is 56.5 Å². The Bertz CT molecular complexity index is 4100. The molecule has 0 saturated carbocycles. The SMILES string of the molecule is Cc1ncsc1-c1ccc([C@H](C)NC(=O)[C@@H]2C[C@@H](O)CN2C(=O)[C@@H](NC(=O)CCCCCOc2ccc(N(CC(F)(F)F)S(=O)(=O)C3C[C@@H]4O[C@H]3C(c3ccc(OCc5cnc([N+](=O)[O-])n5C)cc3)=C4c3ccc(OCc4cnc([N+](=O)[O-])n4C)cc3)cc2)C(C)(C)C)cc1. The molecule has 10 rings (SSSR count). The standard InChI is InChI=1S/C65H72F3N11O14S2/c1-38(40-12-14-43(15-13-40)58-39(2)71-37-94-58)72-60(82)51-29-47(80)33-76(51)61(83)59(64(3,4)5)73-54(81)11-9-8-10-28-90-48-26-20-44(21-27-48)77(36-65(66,67)68)95(88,89)53-30-52-55(41-16-22-49(23-17-41)91-34-45-31-69-62(74(45)6)78(84)85)56(57(53)93-52)42-18-24-50(25-19-42)92-35-46-32-70-63(75(46)7)79(86)87/h12-27,31-32,37-38,47,51-53,57,59,80H,8-11,28-30,33-36H2,1-7H3,(H,72,82)(H,73,81)/t38-,47+,51-,52-,53?,57+,59+/m0/s1. The van der Waals surface area contributed by atoms with Crippen molar-refractivity contribution in [2.24, 2.45) is 19.5 Å². The van der Waals surface area contributed by atoms with E-state index in [9.17, 15) is 61.3 Å². The molecule has 2 fully saturated rings. The molecule has 25 nitrogen and oxygen atoms in total. The van der Waals surface area contributed by atoms with E-state index in [1.165, 1.54) is 76.1 Å². The average molecular weight is 1350 g/mol. The number of likely N-dealkylation sites (tertiary alicyclic amines) is 1. The molecule has 7 aromatic rings. The zero-order valence-corrected chi connectivity index (χ0v) is 54.7. The van der Waals surface area contributed by atoms with Crippen molar-refractivity contribution in [1.82, 2.24) is 39.6 Å². The number of alkyl halides is 3. The Balaban J connectivity index is 0.762. The fourth-order valence-electron chi connectivity index (χ4n) is 12.0. The van der Waals surface area contributed by atoms with Crippen molar-refractivity contribution in [3.05, 3.63) is 169 Å². The Hall–Kier alpha value is -9.26. The number of carbonyl (C=O) groups is 3. The Kier molecular flexibility index (Phi) is 20.5. The van der Waals surface area contributed by atoms with Gasteiger partial charge in [-0.3, -0.25) is 18.7 Å². The molecule has 504 valence electrons. The zero-order valence-electron chi connectivity index (χ0n) is 53.0. The molecule has 3 N–H and O–H groups in total. The summed E-state index contributed by atoms with van der Waals surface area (Å²) in [7, 11) is -1.93. The number of amides is 3. The predicted octanol–water partition coefficient (Wildman–Crippen LogP) is 9.72. The summed E-state index contributed by atoms with van der Waals surface area (Å²) in [5.74, 6) is -1.08. The summed E-state index contributed by atoms with van der Waals surface area (Å²) in [6, 6.07) is 23.8. The highest BCUT2D eigenvalue weighted by Gasteiger charge is 2.55. The van der Waals surface area contributed by atoms with Gasteiger partial charge in [-0.15, -0.1) is 11.3 Å². The molecule has 95 heavy (non-hydrogen) atoms. The highest BCUT2D eigenvalue weighted by Crippen LogP contribution is 2.52. The number of nitrogens with one attached hydrogen (secondary N) is 2. The first-order valence-electron chi connectivity index (χ1n) is 30.6. The Morgan fingerprint density at radius 3 is 1.84 bits per heavy atom. The van der Waals surface area contributed by atoms with E-state index in [0.29, 0.717) is 68.7 Å². The number of aliphatic hydroxyl groups is 1. The zero-order chi connectivity index (χ0) is 68.3. The number of aryl methyl sites for hydroxylation is 1. The first kappa shape index (κ1) is 68.6. The second-order valence-electron chi connectivity index (χ2n) is 24.7. The maximum absolute atomic E-state index is 14.9. The van der Waals surface area contributed by atoms with Crippen LogP contribution in [0.4, 0.5) is 30.8 Å². The van der Waals surface area contributed by atoms with Crippen molar-refractivity contribution in [3.8, 4) is 27.7 Å². The summed E-state index contributed by atoms with van der Waals surface area (Å²) < 4.78 is 101. The molecule has 30 heteroatoms. The second kappa shape index (κ2) is 28.4. The van der Waals surface area contributed by atoms with Crippen molar-refractivity contribution in [3.63, 3.8) is 0 Å². The third kappa shape index (κ3) is 15.6. The molecule has 3 amide bonds. The summed E-state index contributed by atoms with van der Waals surface area (Å²) >= 11 is 1.54. The van der Waals surface area contributed by atoms with Gasteiger partial charge in [0.05, 0.1) is 60.7 Å². The number of thiazole rings is 1. The van der Waals surface area contributed by atoms with Gasteiger partial charge in [0.25, 0.3) is 0 Å². The summed E-state index contributed by atoms with van der Waals surface area (Å²) in [6.07, 6.45) is -4.20. The highest BCUT2D eigenvalue weighted by atomic mass is 32.2. The van der Waals surface area contributed by atoms with E-state index in [1.54, 1.807) is 74.8 Å². The number of hydrogen-bond acceptors (Lipinski definition) is 18. The normalized spacial score (nSPS) is 18.6. The fourth-order valence-corrected chi connectivity index (χ4v) is 14.8. The number of carbonyl (C=O) groups excluding carboxylic acids is 3. The number of aromatic nitrogens is 5. The van der Waals surface area contributed by atoms with Gasteiger partial charge in [0.1, 0.15) is 72.8 Å². The van der Waals surface area contributed by atoms with E-state index < -0.39 is 97.4 Å². The largest absolute Gasteiger partial charge is 0.494 e. The first-order valence-corrected chi connectivity index (χ1v) is 33.0. The molecule has 4 aromatic carbocycles. The van der Waals surface area contributed by atoms with Gasteiger partial charge in [-0.05, 0) is 137 Å². The van der Waals surface area contributed by atoms with E-state index in [1.807, 2.05) is 38.1 Å². The van der Waals surface area contributed by atoms with Gasteiger partial charge in [-0.1, -0.05) is 79.3 Å². The number of hydrogen-bond donors (Lipinski definition) is 3. The van der Waals surface area contributed by atoms with Crippen LogP contribution in [0, 0.1) is 32.6 Å². The predicted molar refractivity (Wildman–Crippen MR) is 344 cm³/mol. The molecule has 3 aliphatic rings. The van der Waals surface area contributed by atoms with Gasteiger partial charge in [0.2, 0.25) is 27.7 Å². The minimum atomic E-state index is -4.98. The number of aliphatic hydroxyl groups excluding tert-OH is 1. The van der Waals surface area contributed by atoms with Crippen molar-refractivity contribution in [1.29, 1.82) is 0 Å². The molecule has 2 bridgehead atoms. The number of imidazole rings is 2. The van der Waals surface area contributed by atoms with Gasteiger partial charge in [0.15, 0.2) is 11.4 Å². The van der Waals surface area contributed by atoms with Crippen molar-refractivity contribution >= 4 is 67.8 Å². The number of halogens is 3. The van der Waals surface area contributed by atoms with Gasteiger partial charge >= 0.3 is 18.1 Å². The van der Waals surface area contributed by atoms with E-state index in [0.717, 1.165) is 21.7 Å². The number of benzene rings is 4. The molecule has 0 spiro atoms. The van der Waals surface area contributed by atoms with Gasteiger partial charge < -0.3 is 59.8 Å². The minimum Gasteiger partial charge on any atom is -0.494 e. The van der Waals surface area contributed by atoms with Crippen LogP contribution < -0.4 is 29.1 Å². The van der Waals surface area contributed by atoms with Gasteiger partial charge in [-0.2, -0.15) is 13.2 Å². The number of nitrogens with zero attached hydrogens (tertiary/aromatic N) is 9. The van der Waals surface area contributed by atoms with Crippen LogP contribution in [0.2, 0.25) is 0 Å². The molecule has 3 aliphatic heterocycles. The van der Waals surface area contributed by atoms with Crippen LogP contribution in [0.3, 0.4) is 0 Å². The summed E-state index contributed by atoms with van der Waals surface area (Å²) in [5.41, 5.74) is 6.42. The quantitative estimate of drug-likeness (QED) is 0.0245. The number of rotatable bonds is 27. The maximum Gasteiger partial charge on any atom is 0.434 e. The third-order valence-corrected chi connectivity index (χ3v) is 20.2. The van der Waals surface area contributed by atoms with E-state index in [-0.39, 0.29) is 69.0 Å². The van der Waals surface area contributed by atoms with Gasteiger partial charge in [0, 0.05) is 19.4 Å². The first-order chi connectivity index (χ1) is 45.1. The van der Waals surface area contributed by atoms with Crippen LogP contribution in [0.15, 0.2) is 115 Å². The number of anilines is 1. The topological polar surface area (TPSA) is 308 Å². The second-order valence-corrected chi connectivity index (χ2v) is 27.6. The van der Waals surface area contributed by atoms with Crippen LogP contribution in [0.5, 0.6) is 17.2 Å². The van der Waals surface area contributed by atoms with Crippen LogP contribution in [0.1, 0.15) is 106 Å². The van der Waals surface area contributed by atoms with E-state index in [2.05, 4.69) is 25.6 Å². The fraction of sp³-hybridized carbons (Fsp3) is 0.415. The Labute approximate surface area is 549 Å². The number of fused-ring (bicyclic) bond motifs is 2. The van der Waals surface area contributed by atoms with Crippen molar-refractivity contribution in [2.45, 2.75) is 134 Å². The molecule has 6 heterocycles. The molecular formula is C65H72F3N11O14S2. The molecule has 1 unspecified atom stereocenters. The Morgan fingerprint density at radius 2 is 1.32 bits per heavy atom. The lowest BCUT2D eigenvalue weighted by atomic mass is 9.83. The minimum absolute atomic E-state index is 0.0288. The maximum atomic E-state index is 14.9. The molecule has 3 aromatic heterocycles. The van der Waals surface area contributed by atoms with Crippen LogP contribution >= 0.6 is 11.3 Å². The lowest BCUT2D eigenvalue weighted by Gasteiger charge is -2.35. The lowest BCUT2D eigenvalue weighted by molar-refractivity contribution is -0.396. The van der Waals surface area contributed by atoms with E-state index >= 15 is 0 Å². The third-order valence-electron chi connectivity index (χ3n) is 17.1. The molecule has 2 saturated heterocycles. The van der Waals surface area contributed by atoms with Crippen LogP contribution in [-0.4, -0.2) is 132 Å². The molecule has 0 radical (unpaired) electrons. The number of ether oxygens (including phenoxy) is 4. The number of sulfonamides is 1. The molecule has 0 aliphatic carbocycles. The summed E-state index contributed by atoms with van der Waals surface area (Å²) in [4.78, 5) is 77.3. The Morgan fingerprint density at radius 1 is 0.768 bits per heavy atom. The average Bonchev–Trinajstić information content (AvgIpc) is 1.61. The smallest absolute Gasteiger partial charge is 0.434 e. The lowest BCUT2D eigenvalue weighted by Crippen LogP contribution is -2.57. The molecular weight excluding hydrogens is 1280 g/mol. The number of unbranched alkanes of at least 4 members (excludes halogenated alkanes) is 2. The summed E-state index contributed by atoms with van der Waals surface area (Å²) in [6.45, 7) is 7.23. The highest BCUT2D eigenvalue weighted by molar-refractivity contribution is 7.93. The number of β-amino-alcohol motifs (C(OH)–C–C–N with tert-alkyl or cyclic N) is 1. The molecule has 7 atom stereocenters. The van der Waals surface area contributed by atoms with E-state index in [4.69, 9.17) is 18.9 Å². The summed E-state index contributed by atoms with van der Waals surface area (Å²) in [5, 5.41) is 37.9. The van der Waals surface area contributed by atoms with Crippen LogP contribution in [0.25, 0.3) is 21.6 Å². The van der Waals surface area contributed by atoms with Crippen molar-refractivity contribution < 1.29 is 69.9 Å².